The van der Waals surface area contributed by atoms with E-state index in [0.717, 1.165) is 5.75 Å². The van der Waals surface area contributed by atoms with Gasteiger partial charge in [0.15, 0.2) is 4.34 Å². The summed E-state index contributed by atoms with van der Waals surface area (Å²) in [6.45, 7) is 0.501. The molecular formula is C20H14Cl2N4O3S2. The van der Waals surface area contributed by atoms with Crippen LogP contribution in [0.25, 0.3) is 11.0 Å². The zero-order chi connectivity index (χ0) is 22.0. The molecular weight excluding hydrogens is 479 g/mol. The number of allylic oxidation sites excluding steroid dienone is 5. The van der Waals surface area contributed by atoms with E-state index >= 15 is 0 Å². The normalized spacial score (nSPS) is 13.9. The fourth-order valence-electron chi connectivity index (χ4n) is 2.69. The Morgan fingerprint density at radius 3 is 2.58 bits per heavy atom. The van der Waals surface area contributed by atoms with Crippen LogP contribution in [0.3, 0.4) is 0 Å². The third-order valence-electron chi connectivity index (χ3n) is 4.13. The minimum Gasteiger partial charge on any atom is -0.493 e. The SMILES string of the molecule is Nc1c(C=C2C=C(Cl)C(=O)C(Cl)=C2)c(=O)nc2sc(SCCOc3ccccc3)nn12. The summed E-state index contributed by atoms with van der Waals surface area (Å²) in [6, 6.07) is 9.53. The molecule has 0 atom stereocenters. The summed E-state index contributed by atoms with van der Waals surface area (Å²) < 4.78 is 7.79. The summed E-state index contributed by atoms with van der Waals surface area (Å²) in [7, 11) is 0. The maximum absolute atomic E-state index is 12.5. The number of thioether (sulfide) groups is 1. The molecule has 0 aliphatic heterocycles. The van der Waals surface area contributed by atoms with Gasteiger partial charge in [-0.3, -0.25) is 9.59 Å². The number of nitrogens with two attached hydrogens (primary N) is 1. The van der Waals surface area contributed by atoms with Gasteiger partial charge in [0.1, 0.15) is 11.6 Å². The molecule has 3 aromatic rings. The number of hydrogen-bond donors (Lipinski definition) is 1. The van der Waals surface area contributed by atoms with Gasteiger partial charge in [0.2, 0.25) is 10.7 Å². The molecule has 158 valence electrons. The number of hydrogen-bond acceptors (Lipinski definition) is 8. The number of nitrogen functional groups attached to an aromatic ring is 1. The molecule has 1 aliphatic carbocycles. The molecule has 0 bridgehead atoms. The number of benzene rings is 1. The average molecular weight is 493 g/mol. The van der Waals surface area contributed by atoms with Crippen LogP contribution in [0.4, 0.5) is 5.82 Å². The molecule has 31 heavy (non-hydrogen) atoms. The van der Waals surface area contributed by atoms with Crippen LogP contribution < -0.4 is 16.0 Å². The van der Waals surface area contributed by atoms with Gasteiger partial charge in [-0.05, 0) is 35.9 Å². The molecule has 11 heteroatoms. The van der Waals surface area contributed by atoms with Crippen molar-refractivity contribution < 1.29 is 9.53 Å². The highest BCUT2D eigenvalue weighted by atomic mass is 35.5. The van der Waals surface area contributed by atoms with E-state index in [1.165, 1.54) is 45.8 Å². The van der Waals surface area contributed by atoms with E-state index in [1.54, 1.807) is 0 Å². The summed E-state index contributed by atoms with van der Waals surface area (Å²) in [5.41, 5.74) is 6.28. The number of halogens is 2. The van der Waals surface area contributed by atoms with Gasteiger partial charge in [-0.1, -0.05) is 64.5 Å². The first-order chi connectivity index (χ1) is 14.9. The van der Waals surface area contributed by atoms with Crippen molar-refractivity contribution in [3.63, 3.8) is 0 Å². The van der Waals surface area contributed by atoms with Crippen LogP contribution >= 0.6 is 46.3 Å². The van der Waals surface area contributed by atoms with Crippen molar-refractivity contribution in [2.24, 2.45) is 0 Å². The lowest BCUT2D eigenvalue weighted by Gasteiger charge is -2.07. The maximum Gasteiger partial charge on any atom is 0.283 e. The Hall–Kier alpha value is -2.59. The highest BCUT2D eigenvalue weighted by Crippen LogP contribution is 2.28. The lowest BCUT2D eigenvalue weighted by atomic mass is 10.1. The number of carbonyl (C=O) groups is 1. The molecule has 2 aromatic heterocycles. The number of rotatable bonds is 6. The standard InChI is InChI=1S/C20H14Cl2N4O3S2/c21-14-9-11(10-15(22)16(14)27)8-13-17(23)26-19(24-18(13)28)31-20(25-26)30-7-6-29-12-4-2-1-3-5-12/h1-5,8-10H,6-7,23H2. The highest BCUT2D eigenvalue weighted by molar-refractivity contribution is 8.01. The number of ether oxygens (including phenoxy) is 1. The van der Waals surface area contributed by atoms with Gasteiger partial charge in [-0.2, -0.15) is 9.50 Å². The van der Waals surface area contributed by atoms with Crippen molar-refractivity contribution in [1.29, 1.82) is 0 Å². The second kappa shape index (κ2) is 9.27. The molecule has 0 saturated carbocycles. The van der Waals surface area contributed by atoms with Crippen molar-refractivity contribution in [2.75, 3.05) is 18.1 Å². The largest absolute Gasteiger partial charge is 0.493 e. The second-order valence-electron chi connectivity index (χ2n) is 6.25. The average Bonchev–Trinajstić information content (AvgIpc) is 3.16. The molecule has 1 aliphatic rings. The number of aromatic nitrogens is 3. The minimum absolute atomic E-state index is 0.0449. The molecule has 0 spiro atoms. The van der Waals surface area contributed by atoms with Gasteiger partial charge >= 0.3 is 0 Å². The van der Waals surface area contributed by atoms with Crippen LogP contribution in [0, 0.1) is 0 Å². The lowest BCUT2D eigenvalue weighted by molar-refractivity contribution is -0.111. The second-order valence-corrected chi connectivity index (χ2v) is 9.36. The van der Waals surface area contributed by atoms with Crippen LogP contribution in [0.2, 0.25) is 0 Å². The number of nitrogens with zero attached hydrogens (tertiary/aromatic N) is 3. The lowest BCUT2D eigenvalue weighted by Crippen LogP contribution is -2.17. The summed E-state index contributed by atoms with van der Waals surface area (Å²) in [4.78, 5) is 28.6. The number of para-hydroxylation sites is 1. The maximum atomic E-state index is 12.5. The van der Waals surface area contributed by atoms with Crippen LogP contribution in [-0.4, -0.2) is 32.7 Å². The van der Waals surface area contributed by atoms with Crippen molar-refractivity contribution >= 4 is 68.9 Å². The number of carbonyl (C=O) groups excluding carboxylic acids is 1. The number of fused-ring (bicyclic) bond motifs is 1. The van der Waals surface area contributed by atoms with Crippen molar-refractivity contribution in [3.8, 4) is 5.75 Å². The molecule has 4 rings (SSSR count). The van der Waals surface area contributed by atoms with Gasteiger partial charge in [0, 0.05) is 5.75 Å². The topological polar surface area (TPSA) is 99.6 Å². The Bertz CT molecular complexity index is 1290. The molecule has 2 N–H and O–H groups in total. The molecule has 7 nitrogen and oxygen atoms in total. The fraction of sp³-hybridized carbons (Fsp3) is 0.100. The molecule has 0 fully saturated rings. The van der Waals surface area contributed by atoms with Crippen LogP contribution in [0.5, 0.6) is 5.75 Å². The Balaban J connectivity index is 1.54. The molecule has 0 radical (unpaired) electrons. The van der Waals surface area contributed by atoms with Gasteiger partial charge in [-0.15, -0.1) is 5.10 Å². The van der Waals surface area contributed by atoms with Gasteiger partial charge in [-0.25, -0.2) is 0 Å². The van der Waals surface area contributed by atoms with E-state index in [0.29, 0.717) is 27.2 Å². The quantitative estimate of drug-likeness (QED) is 0.408. The fourth-order valence-corrected chi connectivity index (χ4v) is 5.02. The first-order valence-corrected chi connectivity index (χ1v) is 11.5. The number of anilines is 1. The first-order valence-electron chi connectivity index (χ1n) is 8.93. The Kier molecular flexibility index (Phi) is 6.47. The third-order valence-corrected chi connectivity index (χ3v) is 6.69. The minimum atomic E-state index is -0.511. The summed E-state index contributed by atoms with van der Waals surface area (Å²) in [6.07, 6.45) is 4.31. The molecule has 2 heterocycles. The van der Waals surface area contributed by atoms with Crippen LogP contribution in [-0.2, 0) is 4.79 Å². The summed E-state index contributed by atoms with van der Waals surface area (Å²) in [5.74, 6) is 1.12. The zero-order valence-corrected chi connectivity index (χ0v) is 18.9. The summed E-state index contributed by atoms with van der Waals surface area (Å²) >= 11 is 14.5. The number of ketones is 1. The molecule has 0 saturated heterocycles. The first kappa shape index (κ1) is 21.6. The monoisotopic (exact) mass is 492 g/mol. The van der Waals surface area contributed by atoms with E-state index in [1.807, 2.05) is 30.3 Å². The highest BCUT2D eigenvalue weighted by Gasteiger charge is 2.18. The Morgan fingerprint density at radius 2 is 1.87 bits per heavy atom. The van der Waals surface area contributed by atoms with Crippen molar-refractivity contribution in [2.45, 2.75) is 4.34 Å². The third kappa shape index (κ3) is 4.85. The zero-order valence-electron chi connectivity index (χ0n) is 15.7. The van der Waals surface area contributed by atoms with E-state index in [9.17, 15) is 9.59 Å². The Morgan fingerprint density at radius 1 is 1.16 bits per heavy atom. The van der Waals surface area contributed by atoms with Crippen LogP contribution in [0.1, 0.15) is 5.56 Å². The molecule has 0 amide bonds. The van der Waals surface area contributed by atoms with Gasteiger partial charge in [0.25, 0.3) is 5.56 Å². The van der Waals surface area contributed by atoms with Crippen molar-refractivity contribution in [1.82, 2.24) is 14.6 Å². The predicted octanol–water partition coefficient (Wildman–Crippen LogP) is 4.12. The van der Waals surface area contributed by atoms with Gasteiger partial charge in [0.05, 0.1) is 22.2 Å². The van der Waals surface area contributed by atoms with Crippen molar-refractivity contribution in [3.05, 3.63) is 74.0 Å². The molecule has 1 aromatic carbocycles. The summed E-state index contributed by atoms with van der Waals surface area (Å²) in [5, 5.41) is 4.35. The van der Waals surface area contributed by atoms with Gasteiger partial charge < -0.3 is 10.5 Å². The van der Waals surface area contributed by atoms with Crippen LogP contribution in [0.15, 0.2) is 67.3 Å². The molecule has 0 unspecified atom stereocenters. The number of Topliss-reactive ketones (excluding diaryl/α,β-unsaturated/α-hetero) is 1. The predicted molar refractivity (Wildman–Crippen MR) is 125 cm³/mol. The smallest absolute Gasteiger partial charge is 0.283 e. The van der Waals surface area contributed by atoms with E-state index < -0.39 is 11.3 Å². The Labute approximate surface area is 194 Å². The van der Waals surface area contributed by atoms with E-state index in [2.05, 4.69) is 10.1 Å². The van der Waals surface area contributed by atoms with E-state index in [4.69, 9.17) is 33.7 Å². The van der Waals surface area contributed by atoms with E-state index in [-0.39, 0.29) is 21.4 Å².